The molecule has 0 saturated carbocycles. The van der Waals surface area contributed by atoms with Gasteiger partial charge in [0.05, 0.1) is 11.9 Å². The molecule has 1 aliphatic rings. The number of hydrogen-bond acceptors (Lipinski definition) is 3. The summed E-state index contributed by atoms with van der Waals surface area (Å²) in [5.74, 6) is 2.12. The van der Waals surface area contributed by atoms with Gasteiger partial charge in [-0.2, -0.15) is 0 Å². The summed E-state index contributed by atoms with van der Waals surface area (Å²) >= 11 is 1.70. The lowest BCUT2D eigenvalue weighted by Gasteiger charge is -2.24. The number of amides is 1. The molecule has 1 aliphatic heterocycles. The lowest BCUT2D eigenvalue weighted by molar-refractivity contribution is -0.130. The minimum Gasteiger partial charge on any atom is -0.492 e. The third-order valence-corrected chi connectivity index (χ3v) is 5.48. The van der Waals surface area contributed by atoms with Crippen molar-refractivity contribution >= 4 is 17.7 Å². The molecule has 1 atom stereocenters. The van der Waals surface area contributed by atoms with Crippen LogP contribution in [0.3, 0.4) is 0 Å². The first-order valence-corrected chi connectivity index (χ1v) is 9.74. The standard InChI is InChI=1S/C19H29NO2S/c1-15-9-8-10-16(2)18(15)22-13-14-23-17(3)19(21)20-11-6-4-5-7-12-20/h8-10,17H,4-7,11-14H2,1-3H3. The van der Waals surface area contributed by atoms with E-state index in [0.29, 0.717) is 12.5 Å². The number of para-hydroxylation sites is 1. The number of carbonyl (C=O) groups excluding carboxylic acids is 1. The largest absolute Gasteiger partial charge is 0.492 e. The monoisotopic (exact) mass is 335 g/mol. The van der Waals surface area contributed by atoms with E-state index in [1.807, 2.05) is 13.0 Å². The molecule has 128 valence electrons. The predicted octanol–water partition coefficient (Wildman–Crippen LogP) is 4.21. The Hall–Kier alpha value is -1.16. The number of hydrogen-bond donors (Lipinski definition) is 0. The molecule has 1 saturated heterocycles. The highest BCUT2D eigenvalue weighted by atomic mass is 32.2. The summed E-state index contributed by atoms with van der Waals surface area (Å²) in [6, 6.07) is 6.19. The fourth-order valence-corrected chi connectivity index (χ4v) is 3.84. The topological polar surface area (TPSA) is 29.5 Å². The SMILES string of the molecule is Cc1cccc(C)c1OCCSC(C)C(=O)N1CCCCCC1. The van der Waals surface area contributed by atoms with E-state index in [0.717, 1.165) is 37.4 Å². The van der Waals surface area contributed by atoms with Crippen LogP contribution in [-0.2, 0) is 4.79 Å². The van der Waals surface area contributed by atoms with Gasteiger partial charge in [-0.1, -0.05) is 31.0 Å². The van der Waals surface area contributed by atoms with Crippen molar-refractivity contribution < 1.29 is 9.53 Å². The van der Waals surface area contributed by atoms with Gasteiger partial charge in [0.15, 0.2) is 0 Å². The maximum atomic E-state index is 12.5. The van der Waals surface area contributed by atoms with Crippen LogP contribution in [0, 0.1) is 13.8 Å². The maximum absolute atomic E-state index is 12.5. The Morgan fingerprint density at radius 1 is 1.17 bits per heavy atom. The normalized spacial score (nSPS) is 16.7. The Labute approximate surface area is 144 Å². The minimum atomic E-state index is 0.0228. The number of ether oxygens (including phenoxy) is 1. The molecule has 0 radical (unpaired) electrons. The Balaban J connectivity index is 1.73. The molecule has 0 bridgehead atoms. The molecule has 0 aliphatic carbocycles. The number of rotatable bonds is 6. The van der Waals surface area contributed by atoms with Crippen molar-refractivity contribution in [1.82, 2.24) is 4.90 Å². The summed E-state index contributed by atoms with van der Waals surface area (Å²) in [7, 11) is 0. The molecule has 23 heavy (non-hydrogen) atoms. The van der Waals surface area contributed by atoms with Gasteiger partial charge in [0.25, 0.3) is 0 Å². The van der Waals surface area contributed by atoms with E-state index in [1.165, 1.54) is 24.0 Å². The zero-order chi connectivity index (χ0) is 16.7. The number of nitrogens with zero attached hydrogens (tertiary/aromatic N) is 1. The molecular weight excluding hydrogens is 306 g/mol. The number of benzene rings is 1. The van der Waals surface area contributed by atoms with Crippen LogP contribution in [0.2, 0.25) is 0 Å². The van der Waals surface area contributed by atoms with Crippen LogP contribution in [0.25, 0.3) is 0 Å². The molecule has 4 heteroatoms. The maximum Gasteiger partial charge on any atom is 0.235 e. The van der Waals surface area contributed by atoms with Crippen LogP contribution in [0.4, 0.5) is 0 Å². The molecule has 0 N–H and O–H groups in total. The lowest BCUT2D eigenvalue weighted by atomic mass is 10.1. The van der Waals surface area contributed by atoms with Gasteiger partial charge in [0.1, 0.15) is 5.75 Å². The summed E-state index contributed by atoms with van der Waals surface area (Å²) < 4.78 is 5.92. The van der Waals surface area contributed by atoms with Crippen LogP contribution in [0.5, 0.6) is 5.75 Å². The first-order chi connectivity index (χ1) is 11.1. The highest BCUT2D eigenvalue weighted by Crippen LogP contribution is 2.23. The second-order valence-electron chi connectivity index (χ2n) is 6.32. The third kappa shape index (κ3) is 5.45. The molecule has 0 aromatic heterocycles. The zero-order valence-electron chi connectivity index (χ0n) is 14.6. The molecule has 3 nitrogen and oxygen atoms in total. The smallest absolute Gasteiger partial charge is 0.235 e. The minimum absolute atomic E-state index is 0.0228. The first-order valence-electron chi connectivity index (χ1n) is 8.69. The summed E-state index contributed by atoms with van der Waals surface area (Å²) in [6.45, 7) is 8.68. The molecule has 1 aromatic rings. The van der Waals surface area contributed by atoms with Crippen molar-refractivity contribution in [2.75, 3.05) is 25.4 Å². The summed E-state index contributed by atoms with van der Waals surface area (Å²) in [5, 5.41) is 0.0228. The molecule has 1 aromatic carbocycles. The van der Waals surface area contributed by atoms with E-state index in [9.17, 15) is 4.79 Å². The molecule has 2 rings (SSSR count). The Kier molecular flexibility index (Phi) is 7.28. The fourth-order valence-electron chi connectivity index (χ4n) is 3.01. The molecular formula is C19H29NO2S. The number of aryl methyl sites for hydroxylation is 2. The van der Waals surface area contributed by atoms with Crippen LogP contribution >= 0.6 is 11.8 Å². The van der Waals surface area contributed by atoms with Crippen molar-refractivity contribution in [3.63, 3.8) is 0 Å². The van der Waals surface area contributed by atoms with Crippen LogP contribution in [-0.4, -0.2) is 41.5 Å². The van der Waals surface area contributed by atoms with Crippen LogP contribution < -0.4 is 4.74 Å². The quantitative estimate of drug-likeness (QED) is 0.730. The van der Waals surface area contributed by atoms with Gasteiger partial charge in [-0.15, -0.1) is 11.8 Å². The van der Waals surface area contributed by atoms with E-state index < -0.39 is 0 Å². The highest BCUT2D eigenvalue weighted by molar-refractivity contribution is 8.00. The van der Waals surface area contributed by atoms with Crippen LogP contribution in [0.15, 0.2) is 18.2 Å². The van der Waals surface area contributed by atoms with Gasteiger partial charge in [-0.05, 0) is 44.7 Å². The summed E-state index contributed by atoms with van der Waals surface area (Å²) in [4.78, 5) is 14.5. The number of carbonyl (C=O) groups is 1. The van der Waals surface area contributed by atoms with Gasteiger partial charge in [0.2, 0.25) is 5.91 Å². The molecule has 1 fully saturated rings. The van der Waals surface area contributed by atoms with E-state index in [4.69, 9.17) is 4.74 Å². The Morgan fingerprint density at radius 3 is 2.39 bits per heavy atom. The van der Waals surface area contributed by atoms with Gasteiger partial charge in [0, 0.05) is 18.8 Å². The summed E-state index contributed by atoms with van der Waals surface area (Å²) in [6.07, 6.45) is 4.82. The number of likely N-dealkylation sites (tertiary alicyclic amines) is 1. The lowest BCUT2D eigenvalue weighted by Crippen LogP contribution is -2.37. The fraction of sp³-hybridized carbons (Fsp3) is 0.632. The average Bonchev–Trinajstić information content (AvgIpc) is 2.82. The van der Waals surface area contributed by atoms with Crippen molar-refractivity contribution in [1.29, 1.82) is 0 Å². The molecule has 1 unspecified atom stereocenters. The van der Waals surface area contributed by atoms with E-state index in [1.54, 1.807) is 11.8 Å². The predicted molar refractivity (Wildman–Crippen MR) is 98.4 cm³/mol. The van der Waals surface area contributed by atoms with Gasteiger partial charge in [-0.3, -0.25) is 4.79 Å². The summed E-state index contributed by atoms with van der Waals surface area (Å²) in [5.41, 5.74) is 2.34. The average molecular weight is 336 g/mol. The van der Waals surface area contributed by atoms with Crippen LogP contribution in [0.1, 0.15) is 43.7 Å². The highest BCUT2D eigenvalue weighted by Gasteiger charge is 2.21. The van der Waals surface area contributed by atoms with E-state index in [2.05, 4.69) is 30.9 Å². The van der Waals surface area contributed by atoms with Crippen molar-refractivity contribution in [2.45, 2.75) is 51.7 Å². The third-order valence-electron chi connectivity index (χ3n) is 4.37. The Bertz CT molecular complexity index is 490. The van der Waals surface area contributed by atoms with Gasteiger partial charge in [-0.25, -0.2) is 0 Å². The van der Waals surface area contributed by atoms with E-state index >= 15 is 0 Å². The number of thioether (sulfide) groups is 1. The van der Waals surface area contributed by atoms with Gasteiger partial charge >= 0.3 is 0 Å². The molecule has 0 spiro atoms. The second kappa shape index (κ2) is 9.21. The van der Waals surface area contributed by atoms with Crippen molar-refractivity contribution in [3.05, 3.63) is 29.3 Å². The molecule has 1 amide bonds. The van der Waals surface area contributed by atoms with Gasteiger partial charge < -0.3 is 9.64 Å². The molecule has 1 heterocycles. The first kappa shape index (κ1) is 18.2. The Morgan fingerprint density at radius 2 is 1.78 bits per heavy atom. The van der Waals surface area contributed by atoms with Crippen molar-refractivity contribution in [2.24, 2.45) is 0 Å². The zero-order valence-corrected chi connectivity index (χ0v) is 15.5. The van der Waals surface area contributed by atoms with E-state index in [-0.39, 0.29) is 5.25 Å². The second-order valence-corrected chi connectivity index (χ2v) is 7.77. The van der Waals surface area contributed by atoms with Crippen molar-refractivity contribution in [3.8, 4) is 5.75 Å².